The number of rotatable bonds is 4. The van der Waals surface area contributed by atoms with Crippen LogP contribution in [-0.2, 0) is 9.47 Å². The zero-order chi connectivity index (χ0) is 9.68. The molecule has 4 heteroatoms. The molecule has 1 N–H and O–H groups in total. The molecule has 0 amide bonds. The average molecular weight is 182 g/mol. The second-order valence-corrected chi connectivity index (χ2v) is 3.03. The lowest BCUT2D eigenvalue weighted by molar-refractivity contribution is -0.0627. The molecular formula is C9H14N2O2. The van der Waals surface area contributed by atoms with Crippen molar-refractivity contribution < 1.29 is 9.47 Å². The van der Waals surface area contributed by atoms with E-state index in [0.717, 1.165) is 13.2 Å². The van der Waals surface area contributed by atoms with E-state index < -0.39 is 0 Å². The van der Waals surface area contributed by atoms with Crippen molar-refractivity contribution in [2.24, 2.45) is 5.92 Å². The van der Waals surface area contributed by atoms with Crippen LogP contribution in [0.5, 0.6) is 0 Å². The minimum atomic E-state index is 0.481. The number of ether oxygens (including phenoxy) is 2. The largest absolute Gasteiger partial charge is 0.478 e. The second kappa shape index (κ2) is 4.73. The standard InChI is InChI=1S/C9H14N2O2/c1-7(3-10)9(11-2)13-6-8-4-12-5-8/h8,11H,4-6H2,1-2H3/b9-7-. The quantitative estimate of drug-likeness (QED) is 0.511. The third-order valence-electron chi connectivity index (χ3n) is 1.91. The van der Waals surface area contributed by atoms with Crippen molar-refractivity contribution in [1.82, 2.24) is 5.32 Å². The lowest BCUT2D eigenvalue weighted by atomic mass is 10.1. The van der Waals surface area contributed by atoms with Gasteiger partial charge in [0.05, 0.1) is 31.5 Å². The van der Waals surface area contributed by atoms with Gasteiger partial charge in [0.15, 0.2) is 5.88 Å². The van der Waals surface area contributed by atoms with Crippen molar-refractivity contribution in [2.45, 2.75) is 6.92 Å². The first kappa shape index (κ1) is 9.87. The number of nitriles is 1. The highest BCUT2D eigenvalue weighted by atomic mass is 16.5. The average Bonchev–Trinajstić information content (AvgIpc) is 2.08. The molecule has 0 aromatic rings. The summed E-state index contributed by atoms with van der Waals surface area (Å²) >= 11 is 0. The maximum Gasteiger partial charge on any atom is 0.200 e. The summed E-state index contributed by atoms with van der Waals surface area (Å²) in [5.41, 5.74) is 0.572. The minimum absolute atomic E-state index is 0.481. The van der Waals surface area contributed by atoms with Crippen LogP contribution < -0.4 is 5.32 Å². The molecule has 0 radical (unpaired) electrons. The summed E-state index contributed by atoms with van der Waals surface area (Å²) in [6.45, 7) is 3.88. The van der Waals surface area contributed by atoms with Gasteiger partial charge in [-0.1, -0.05) is 0 Å². The van der Waals surface area contributed by atoms with Gasteiger partial charge < -0.3 is 14.8 Å². The van der Waals surface area contributed by atoms with Gasteiger partial charge in [-0.25, -0.2) is 0 Å². The number of hydrogen-bond donors (Lipinski definition) is 1. The maximum absolute atomic E-state index is 8.62. The molecule has 72 valence electrons. The molecule has 0 aromatic heterocycles. The van der Waals surface area contributed by atoms with E-state index in [4.69, 9.17) is 14.7 Å². The van der Waals surface area contributed by atoms with Crippen LogP contribution in [0, 0.1) is 17.2 Å². The van der Waals surface area contributed by atoms with Crippen LogP contribution in [-0.4, -0.2) is 26.9 Å². The Morgan fingerprint density at radius 3 is 2.77 bits per heavy atom. The van der Waals surface area contributed by atoms with Crippen LogP contribution in [0.4, 0.5) is 0 Å². The Bertz CT molecular complexity index is 238. The smallest absolute Gasteiger partial charge is 0.200 e. The molecule has 0 saturated carbocycles. The normalized spacial score (nSPS) is 18.2. The molecule has 1 rings (SSSR count). The molecule has 0 spiro atoms. The van der Waals surface area contributed by atoms with E-state index in [1.807, 2.05) is 6.07 Å². The molecule has 0 atom stereocenters. The lowest BCUT2D eigenvalue weighted by Gasteiger charge is -2.26. The van der Waals surface area contributed by atoms with E-state index in [9.17, 15) is 0 Å². The molecule has 13 heavy (non-hydrogen) atoms. The molecule has 1 aliphatic rings. The highest BCUT2D eigenvalue weighted by molar-refractivity contribution is 5.20. The van der Waals surface area contributed by atoms with Gasteiger partial charge in [-0.2, -0.15) is 5.26 Å². The van der Waals surface area contributed by atoms with E-state index in [1.54, 1.807) is 14.0 Å². The van der Waals surface area contributed by atoms with E-state index in [1.165, 1.54) is 0 Å². The summed E-state index contributed by atoms with van der Waals surface area (Å²) in [4.78, 5) is 0. The number of nitrogens with zero attached hydrogens (tertiary/aromatic N) is 1. The zero-order valence-electron chi connectivity index (χ0n) is 7.96. The van der Waals surface area contributed by atoms with Gasteiger partial charge in [0, 0.05) is 13.0 Å². The SMILES string of the molecule is CN/C(OCC1COC1)=C(\C)C#N. The van der Waals surface area contributed by atoms with Gasteiger partial charge in [0.1, 0.15) is 0 Å². The highest BCUT2D eigenvalue weighted by Crippen LogP contribution is 2.12. The Morgan fingerprint density at radius 1 is 1.69 bits per heavy atom. The molecule has 0 bridgehead atoms. The van der Waals surface area contributed by atoms with E-state index in [2.05, 4.69) is 5.32 Å². The molecular weight excluding hydrogens is 168 g/mol. The van der Waals surface area contributed by atoms with Crippen LogP contribution >= 0.6 is 0 Å². The van der Waals surface area contributed by atoms with E-state index in [-0.39, 0.29) is 0 Å². The second-order valence-electron chi connectivity index (χ2n) is 3.03. The van der Waals surface area contributed by atoms with Crippen molar-refractivity contribution in [2.75, 3.05) is 26.9 Å². The summed E-state index contributed by atoms with van der Waals surface area (Å²) in [6, 6.07) is 2.04. The van der Waals surface area contributed by atoms with Gasteiger partial charge in [-0.3, -0.25) is 0 Å². The van der Waals surface area contributed by atoms with Crippen LogP contribution in [0.2, 0.25) is 0 Å². The van der Waals surface area contributed by atoms with Crippen molar-refractivity contribution in [1.29, 1.82) is 5.26 Å². The Labute approximate surface area is 78.1 Å². The fourth-order valence-electron chi connectivity index (χ4n) is 1.00. The summed E-state index contributed by atoms with van der Waals surface area (Å²) in [5.74, 6) is 1.05. The number of nitrogens with one attached hydrogen (secondary N) is 1. The van der Waals surface area contributed by atoms with Gasteiger partial charge in [0.25, 0.3) is 0 Å². The topological polar surface area (TPSA) is 54.3 Å². The highest BCUT2D eigenvalue weighted by Gasteiger charge is 2.19. The van der Waals surface area contributed by atoms with Gasteiger partial charge >= 0.3 is 0 Å². The van der Waals surface area contributed by atoms with Crippen LogP contribution in [0.3, 0.4) is 0 Å². The monoisotopic (exact) mass is 182 g/mol. The zero-order valence-corrected chi connectivity index (χ0v) is 7.96. The predicted octanol–water partition coefficient (Wildman–Crippen LogP) is 0.624. The minimum Gasteiger partial charge on any atom is -0.478 e. The molecule has 1 fully saturated rings. The first-order valence-electron chi connectivity index (χ1n) is 4.27. The lowest BCUT2D eigenvalue weighted by Crippen LogP contribution is -2.32. The van der Waals surface area contributed by atoms with Gasteiger partial charge in [0.2, 0.25) is 0 Å². The molecule has 4 nitrogen and oxygen atoms in total. The Balaban J connectivity index is 2.35. The summed E-state index contributed by atoms with van der Waals surface area (Å²) in [6.07, 6.45) is 0. The van der Waals surface area contributed by atoms with Crippen molar-refractivity contribution in [3.8, 4) is 6.07 Å². The third-order valence-corrected chi connectivity index (χ3v) is 1.91. The van der Waals surface area contributed by atoms with Gasteiger partial charge in [-0.05, 0) is 6.92 Å². The first-order valence-corrected chi connectivity index (χ1v) is 4.27. The van der Waals surface area contributed by atoms with Crippen LogP contribution in [0.1, 0.15) is 6.92 Å². The van der Waals surface area contributed by atoms with Crippen molar-refractivity contribution >= 4 is 0 Å². The Kier molecular flexibility index (Phi) is 3.59. The number of hydrogen-bond acceptors (Lipinski definition) is 4. The third kappa shape index (κ3) is 2.63. The van der Waals surface area contributed by atoms with Crippen molar-refractivity contribution in [3.05, 3.63) is 11.5 Å². The summed E-state index contributed by atoms with van der Waals surface area (Å²) < 4.78 is 10.4. The summed E-state index contributed by atoms with van der Waals surface area (Å²) in [7, 11) is 1.74. The Hall–Kier alpha value is -1.21. The maximum atomic E-state index is 8.62. The fourth-order valence-corrected chi connectivity index (χ4v) is 1.00. The Morgan fingerprint density at radius 2 is 2.38 bits per heavy atom. The predicted molar refractivity (Wildman–Crippen MR) is 47.6 cm³/mol. The molecule has 0 unspecified atom stereocenters. The van der Waals surface area contributed by atoms with Crippen LogP contribution in [0.15, 0.2) is 11.5 Å². The molecule has 1 aliphatic heterocycles. The van der Waals surface area contributed by atoms with Crippen molar-refractivity contribution in [3.63, 3.8) is 0 Å². The molecule has 1 heterocycles. The summed E-state index contributed by atoms with van der Waals surface area (Å²) in [5, 5.41) is 11.5. The van der Waals surface area contributed by atoms with E-state index in [0.29, 0.717) is 24.0 Å². The molecule has 0 aliphatic carbocycles. The first-order chi connectivity index (χ1) is 6.27. The van der Waals surface area contributed by atoms with Crippen LogP contribution in [0.25, 0.3) is 0 Å². The number of allylic oxidation sites excluding steroid dienone is 1. The fraction of sp³-hybridized carbons (Fsp3) is 0.667. The molecule has 1 saturated heterocycles. The molecule has 0 aromatic carbocycles. The van der Waals surface area contributed by atoms with Gasteiger partial charge in [-0.15, -0.1) is 0 Å². The van der Waals surface area contributed by atoms with E-state index >= 15 is 0 Å².